The largest absolute Gasteiger partial charge is 0.467 e. The second-order valence-electron chi connectivity index (χ2n) is 6.21. The van der Waals surface area contributed by atoms with E-state index >= 15 is 0 Å². The average molecular weight is 395 g/mol. The van der Waals surface area contributed by atoms with Crippen LogP contribution >= 0.6 is 23.5 Å². The molecule has 0 saturated carbocycles. The number of carbonyl (C=O) groups excluding carboxylic acids is 3. The monoisotopic (exact) mass is 394 g/mol. The van der Waals surface area contributed by atoms with Crippen LogP contribution in [0.2, 0.25) is 0 Å². The van der Waals surface area contributed by atoms with E-state index in [4.69, 9.17) is 4.74 Å². The summed E-state index contributed by atoms with van der Waals surface area (Å²) >= 11 is 3.11. The summed E-state index contributed by atoms with van der Waals surface area (Å²) in [6, 6.07) is 8.81. The first-order valence-electron chi connectivity index (χ1n) is 8.49. The minimum absolute atomic E-state index is 0.0151. The van der Waals surface area contributed by atoms with Crippen LogP contribution < -0.4 is 0 Å². The fraction of sp³-hybridized carbons (Fsp3) is 0.500. The van der Waals surface area contributed by atoms with Gasteiger partial charge in [-0.1, -0.05) is 30.3 Å². The Kier molecular flexibility index (Phi) is 6.48. The molecule has 2 atom stereocenters. The van der Waals surface area contributed by atoms with E-state index in [1.54, 1.807) is 21.6 Å². The van der Waals surface area contributed by atoms with Crippen LogP contribution in [0.1, 0.15) is 12.0 Å². The summed E-state index contributed by atoms with van der Waals surface area (Å²) < 4.78 is 4.81. The standard InChI is InChI=1S/C18H22N2O4S2/c1-24-18(23)15-10-26-12-20(15)17(22)14-9-25-11-19(14)16(21)8-7-13-5-3-2-4-6-13/h2-6,14-15H,7-12H2,1H3. The van der Waals surface area contributed by atoms with Crippen molar-refractivity contribution in [1.29, 1.82) is 0 Å². The molecule has 0 spiro atoms. The van der Waals surface area contributed by atoms with Crippen molar-refractivity contribution in [3.63, 3.8) is 0 Å². The smallest absolute Gasteiger partial charge is 0.329 e. The molecule has 0 radical (unpaired) electrons. The Balaban J connectivity index is 1.62. The van der Waals surface area contributed by atoms with Gasteiger partial charge in [-0.15, -0.1) is 23.5 Å². The lowest BCUT2D eigenvalue weighted by molar-refractivity contribution is -0.153. The number of ether oxygens (including phenoxy) is 1. The minimum atomic E-state index is -0.552. The van der Waals surface area contributed by atoms with Gasteiger partial charge in [0.25, 0.3) is 0 Å². The number of rotatable bonds is 5. The number of hydrogen-bond acceptors (Lipinski definition) is 6. The highest BCUT2D eigenvalue weighted by molar-refractivity contribution is 7.99. The lowest BCUT2D eigenvalue weighted by Crippen LogP contribution is -2.52. The summed E-state index contributed by atoms with van der Waals surface area (Å²) in [7, 11) is 1.33. The predicted octanol–water partition coefficient (Wildman–Crippen LogP) is 1.60. The highest BCUT2D eigenvalue weighted by Crippen LogP contribution is 2.28. The molecule has 0 aliphatic carbocycles. The van der Waals surface area contributed by atoms with Gasteiger partial charge in [-0.3, -0.25) is 9.59 Å². The maximum Gasteiger partial charge on any atom is 0.329 e. The van der Waals surface area contributed by atoms with Crippen molar-refractivity contribution in [2.45, 2.75) is 24.9 Å². The van der Waals surface area contributed by atoms with E-state index in [1.165, 1.54) is 18.9 Å². The Labute approximate surface area is 161 Å². The summed E-state index contributed by atoms with van der Waals surface area (Å²) in [5, 5.41) is 0. The van der Waals surface area contributed by atoms with Crippen molar-refractivity contribution < 1.29 is 19.1 Å². The molecule has 0 aromatic heterocycles. The van der Waals surface area contributed by atoms with E-state index in [0.717, 1.165) is 5.56 Å². The van der Waals surface area contributed by atoms with Crippen molar-refractivity contribution in [3.05, 3.63) is 35.9 Å². The van der Waals surface area contributed by atoms with Crippen LogP contribution in [0.15, 0.2) is 30.3 Å². The zero-order valence-electron chi connectivity index (χ0n) is 14.6. The SMILES string of the molecule is COC(=O)C1CSCN1C(=O)C1CSCN1C(=O)CCc1ccccc1. The fourth-order valence-electron chi connectivity index (χ4n) is 3.12. The number of amides is 2. The molecule has 2 amide bonds. The van der Waals surface area contributed by atoms with E-state index in [1.807, 2.05) is 30.3 Å². The second-order valence-corrected chi connectivity index (χ2v) is 8.21. The van der Waals surface area contributed by atoms with Gasteiger partial charge in [0.15, 0.2) is 0 Å². The molecule has 6 nitrogen and oxygen atoms in total. The Morgan fingerprint density at radius 1 is 1.04 bits per heavy atom. The zero-order chi connectivity index (χ0) is 18.5. The van der Waals surface area contributed by atoms with Gasteiger partial charge in [0, 0.05) is 17.9 Å². The lowest BCUT2D eigenvalue weighted by atomic mass is 10.1. The molecule has 3 rings (SSSR count). The summed E-state index contributed by atoms with van der Waals surface area (Å²) in [6.07, 6.45) is 1.04. The molecule has 2 aliphatic rings. The summed E-state index contributed by atoms with van der Waals surface area (Å²) in [5.74, 6) is 1.54. The third kappa shape index (κ3) is 4.17. The van der Waals surface area contributed by atoms with Crippen molar-refractivity contribution in [2.75, 3.05) is 30.4 Å². The maximum absolute atomic E-state index is 13.0. The molecule has 26 heavy (non-hydrogen) atoms. The van der Waals surface area contributed by atoms with Gasteiger partial charge < -0.3 is 14.5 Å². The summed E-state index contributed by atoms with van der Waals surface area (Å²) in [4.78, 5) is 40.8. The topological polar surface area (TPSA) is 66.9 Å². The first-order chi connectivity index (χ1) is 12.6. The van der Waals surface area contributed by atoms with Crippen LogP contribution in [0.3, 0.4) is 0 Å². The van der Waals surface area contributed by atoms with Crippen LogP contribution in [0.5, 0.6) is 0 Å². The number of thioether (sulfide) groups is 2. The van der Waals surface area contributed by atoms with E-state index in [9.17, 15) is 14.4 Å². The van der Waals surface area contributed by atoms with Gasteiger partial charge in [0.05, 0.1) is 18.9 Å². The molecule has 0 bridgehead atoms. The molecule has 2 unspecified atom stereocenters. The highest BCUT2D eigenvalue weighted by Gasteiger charge is 2.42. The van der Waals surface area contributed by atoms with Crippen LogP contribution in [-0.2, 0) is 25.5 Å². The molecule has 8 heteroatoms. The number of esters is 1. The van der Waals surface area contributed by atoms with Crippen LogP contribution in [-0.4, -0.2) is 70.0 Å². The zero-order valence-corrected chi connectivity index (χ0v) is 16.3. The van der Waals surface area contributed by atoms with E-state index in [-0.39, 0.29) is 11.8 Å². The van der Waals surface area contributed by atoms with Crippen molar-refractivity contribution in [3.8, 4) is 0 Å². The number of methoxy groups -OCH3 is 1. The van der Waals surface area contributed by atoms with Crippen molar-refractivity contribution in [2.24, 2.45) is 0 Å². The summed E-state index contributed by atoms with van der Waals surface area (Å²) in [5.41, 5.74) is 1.11. The highest BCUT2D eigenvalue weighted by atomic mass is 32.2. The van der Waals surface area contributed by atoms with E-state index in [2.05, 4.69) is 0 Å². The Bertz CT molecular complexity index is 670. The fourth-order valence-corrected chi connectivity index (χ4v) is 5.44. The molecule has 0 N–H and O–H groups in total. The molecule has 140 valence electrons. The number of aryl methyl sites for hydroxylation is 1. The first kappa shape index (κ1) is 19.1. The second kappa shape index (κ2) is 8.81. The van der Waals surface area contributed by atoms with Gasteiger partial charge in [-0.05, 0) is 12.0 Å². The molecule has 1 aromatic carbocycles. The molecule has 2 heterocycles. The molecule has 2 fully saturated rings. The Hall–Kier alpha value is -1.67. The van der Waals surface area contributed by atoms with Crippen molar-refractivity contribution in [1.82, 2.24) is 9.80 Å². The normalized spacial score (nSPS) is 22.5. The van der Waals surface area contributed by atoms with E-state index < -0.39 is 18.1 Å². The third-order valence-electron chi connectivity index (χ3n) is 4.60. The third-order valence-corrected chi connectivity index (χ3v) is 6.62. The lowest BCUT2D eigenvalue weighted by Gasteiger charge is -2.29. The van der Waals surface area contributed by atoms with Gasteiger partial charge in [0.2, 0.25) is 11.8 Å². The van der Waals surface area contributed by atoms with Crippen LogP contribution in [0, 0.1) is 0 Å². The number of benzene rings is 1. The van der Waals surface area contributed by atoms with Crippen LogP contribution in [0.25, 0.3) is 0 Å². The number of carbonyl (C=O) groups is 3. The van der Waals surface area contributed by atoms with Gasteiger partial charge in [-0.25, -0.2) is 4.79 Å². The molecular formula is C18H22N2O4S2. The van der Waals surface area contributed by atoms with Gasteiger partial charge >= 0.3 is 5.97 Å². The van der Waals surface area contributed by atoms with E-state index in [0.29, 0.717) is 36.1 Å². The first-order valence-corrected chi connectivity index (χ1v) is 10.8. The molecule has 2 saturated heterocycles. The number of nitrogens with zero attached hydrogens (tertiary/aromatic N) is 2. The molecule has 1 aromatic rings. The molecular weight excluding hydrogens is 372 g/mol. The van der Waals surface area contributed by atoms with Crippen LogP contribution in [0.4, 0.5) is 0 Å². The summed E-state index contributed by atoms with van der Waals surface area (Å²) in [6.45, 7) is 0. The van der Waals surface area contributed by atoms with Crippen molar-refractivity contribution >= 4 is 41.3 Å². The minimum Gasteiger partial charge on any atom is -0.467 e. The predicted molar refractivity (Wildman–Crippen MR) is 103 cm³/mol. The number of hydrogen-bond donors (Lipinski definition) is 0. The molecule has 2 aliphatic heterocycles. The maximum atomic E-state index is 13.0. The van der Waals surface area contributed by atoms with Gasteiger partial charge in [-0.2, -0.15) is 0 Å². The Morgan fingerprint density at radius 2 is 1.69 bits per heavy atom. The Morgan fingerprint density at radius 3 is 2.38 bits per heavy atom. The van der Waals surface area contributed by atoms with Gasteiger partial charge in [0.1, 0.15) is 12.1 Å². The quantitative estimate of drug-likeness (QED) is 0.707. The average Bonchev–Trinajstić information content (AvgIpc) is 3.35.